The van der Waals surface area contributed by atoms with Crippen molar-refractivity contribution in [3.8, 4) is 0 Å². The number of Topliss-reactive ketones (excluding diaryl/α,β-unsaturated/α-hetero) is 1. The lowest BCUT2D eigenvalue weighted by Crippen LogP contribution is -1.89. The maximum Gasteiger partial charge on any atom is 0.159 e. The van der Waals surface area contributed by atoms with E-state index in [4.69, 9.17) is 0 Å². The average molecular weight is 198 g/mol. The Kier molecular flexibility index (Phi) is 13.8. The molecule has 1 rings (SSSR count). The average Bonchev–Trinajstić information content (AvgIpc) is 2.35. The molecule has 0 atom stereocenters. The van der Waals surface area contributed by atoms with Crippen LogP contribution in [0.1, 0.15) is 54.9 Å². The summed E-state index contributed by atoms with van der Waals surface area (Å²) in [6.45, 7) is 9.73. The predicted octanol–water partition coefficient (Wildman–Crippen LogP) is 4.54. The van der Waals surface area contributed by atoms with Crippen molar-refractivity contribution in [1.29, 1.82) is 0 Å². The van der Waals surface area contributed by atoms with Gasteiger partial charge >= 0.3 is 0 Å². The van der Waals surface area contributed by atoms with Crippen molar-refractivity contribution in [2.24, 2.45) is 0 Å². The summed E-state index contributed by atoms with van der Waals surface area (Å²) in [7, 11) is 0. The molecule has 0 unspecified atom stereocenters. The molecule has 14 heavy (non-hydrogen) atoms. The molecule has 0 saturated carbocycles. The number of hydrogen-bond donors (Lipinski definition) is 0. The maximum atomic E-state index is 10.8. The Labute approximate surface area is 89.9 Å². The number of rotatable bonds is 1. The molecule has 0 amide bonds. The van der Waals surface area contributed by atoms with Crippen molar-refractivity contribution in [2.75, 3.05) is 0 Å². The SMILES string of the molecule is C.C.C=CC1=C(C)C(=O)CC1.CCC. The molecule has 0 aliphatic heterocycles. The summed E-state index contributed by atoms with van der Waals surface area (Å²) in [5.74, 6) is 0.282. The highest BCUT2D eigenvalue weighted by Crippen LogP contribution is 2.22. The van der Waals surface area contributed by atoms with Crippen LogP contribution in [-0.4, -0.2) is 5.78 Å². The standard InChI is InChI=1S/C8H10O.C3H8.2CH4/c1-3-7-4-5-8(9)6(7)2;1-3-2;;/h3H,1,4-5H2,2H3;3H2,1-2H3;2*1H4. The van der Waals surface area contributed by atoms with E-state index in [0.717, 1.165) is 17.6 Å². The van der Waals surface area contributed by atoms with Crippen molar-refractivity contribution in [2.45, 2.75) is 54.9 Å². The van der Waals surface area contributed by atoms with Gasteiger partial charge in [-0.3, -0.25) is 4.79 Å². The van der Waals surface area contributed by atoms with Crippen LogP contribution in [0.25, 0.3) is 0 Å². The molecule has 1 nitrogen and oxygen atoms in total. The number of carbonyl (C=O) groups excluding carboxylic acids is 1. The van der Waals surface area contributed by atoms with Crippen LogP contribution in [0.15, 0.2) is 23.8 Å². The summed E-state index contributed by atoms with van der Waals surface area (Å²) < 4.78 is 0. The first-order valence-corrected chi connectivity index (χ1v) is 4.52. The number of allylic oxidation sites excluding steroid dienone is 3. The summed E-state index contributed by atoms with van der Waals surface area (Å²) in [5.41, 5.74) is 2.03. The fourth-order valence-electron chi connectivity index (χ4n) is 1.06. The summed E-state index contributed by atoms with van der Waals surface area (Å²) in [5, 5.41) is 0. The molecular formula is C13H26O. The summed E-state index contributed by atoms with van der Waals surface area (Å²) in [4.78, 5) is 10.8. The first-order valence-electron chi connectivity index (χ1n) is 4.52. The molecule has 0 saturated heterocycles. The molecule has 0 bridgehead atoms. The fourth-order valence-corrected chi connectivity index (χ4v) is 1.06. The van der Waals surface area contributed by atoms with E-state index in [2.05, 4.69) is 20.4 Å². The molecule has 0 radical (unpaired) electrons. The van der Waals surface area contributed by atoms with Crippen molar-refractivity contribution in [3.63, 3.8) is 0 Å². The molecule has 0 heterocycles. The third-order valence-corrected chi connectivity index (χ3v) is 1.77. The topological polar surface area (TPSA) is 17.1 Å². The Morgan fingerprint density at radius 1 is 1.29 bits per heavy atom. The van der Waals surface area contributed by atoms with Crippen molar-refractivity contribution in [3.05, 3.63) is 23.8 Å². The van der Waals surface area contributed by atoms with Gasteiger partial charge in [-0.05, 0) is 24.5 Å². The Hall–Kier alpha value is -0.850. The molecule has 84 valence electrons. The predicted molar refractivity (Wildman–Crippen MR) is 66.6 cm³/mol. The minimum atomic E-state index is 0. The molecule has 0 N–H and O–H groups in total. The second-order valence-electron chi connectivity index (χ2n) is 2.98. The van der Waals surface area contributed by atoms with E-state index < -0.39 is 0 Å². The van der Waals surface area contributed by atoms with Crippen LogP contribution in [0, 0.1) is 0 Å². The Bertz CT molecular complexity index is 199. The van der Waals surface area contributed by atoms with Crippen LogP contribution in [-0.2, 0) is 4.79 Å². The Morgan fingerprint density at radius 2 is 1.71 bits per heavy atom. The third kappa shape index (κ3) is 5.74. The van der Waals surface area contributed by atoms with Crippen LogP contribution in [0.3, 0.4) is 0 Å². The van der Waals surface area contributed by atoms with Gasteiger partial charge in [-0.2, -0.15) is 0 Å². The van der Waals surface area contributed by atoms with E-state index in [1.165, 1.54) is 6.42 Å². The number of ketones is 1. The lowest BCUT2D eigenvalue weighted by molar-refractivity contribution is -0.114. The third-order valence-electron chi connectivity index (χ3n) is 1.77. The molecule has 1 aliphatic carbocycles. The van der Waals surface area contributed by atoms with E-state index in [0.29, 0.717) is 6.42 Å². The number of hydrogen-bond acceptors (Lipinski definition) is 1. The van der Waals surface area contributed by atoms with Gasteiger partial charge in [-0.1, -0.05) is 47.8 Å². The molecule has 0 aromatic heterocycles. The molecule has 1 aliphatic rings. The highest BCUT2D eigenvalue weighted by Gasteiger charge is 2.15. The van der Waals surface area contributed by atoms with E-state index >= 15 is 0 Å². The van der Waals surface area contributed by atoms with Gasteiger partial charge in [0.05, 0.1) is 0 Å². The summed E-state index contributed by atoms with van der Waals surface area (Å²) >= 11 is 0. The smallest absolute Gasteiger partial charge is 0.159 e. The van der Waals surface area contributed by atoms with Crippen LogP contribution >= 0.6 is 0 Å². The molecular weight excluding hydrogens is 172 g/mol. The molecule has 0 aromatic rings. The van der Waals surface area contributed by atoms with Crippen molar-refractivity contribution in [1.82, 2.24) is 0 Å². The highest BCUT2D eigenvalue weighted by atomic mass is 16.1. The van der Waals surface area contributed by atoms with Crippen molar-refractivity contribution >= 4 is 5.78 Å². The van der Waals surface area contributed by atoms with Crippen LogP contribution < -0.4 is 0 Å². The molecule has 1 heteroatoms. The zero-order chi connectivity index (χ0) is 9.56. The quantitative estimate of drug-likeness (QED) is 0.604. The van der Waals surface area contributed by atoms with Gasteiger partial charge in [-0.15, -0.1) is 0 Å². The van der Waals surface area contributed by atoms with Gasteiger partial charge in [0.25, 0.3) is 0 Å². The molecule has 0 fully saturated rings. The van der Waals surface area contributed by atoms with Gasteiger partial charge in [-0.25, -0.2) is 0 Å². The van der Waals surface area contributed by atoms with E-state index in [1.807, 2.05) is 6.92 Å². The lowest BCUT2D eigenvalue weighted by atomic mass is 10.2. The first kappa shape index (κ1) is 18.8. The van der Waals surface area contributed by atoms with Crippen LogP contribution in [0.5, 0.6) is 0 Å². The minimum Gasteiger partial charge on any atom is -0.295 e. The molecule has 0 spiro atoms. The van der Waals surface area contributed by atoms with Gasteiger partial charge in [0.1, 0.15) is 0 Å². The maximum absolute atomic E-state index is 10.8. The zero-order valence-corrected chi connectivity index (χ0v) is 8.31. The van der Waals surface area contributed by atoms with Gasteiger partial charge < -0.3 is 0 Å². The second-order valence-corrected chi connectivity index (χ2v) is 2.98. The summed E-state index contributed by atoms with van der Waals surface area (Å²) in [6, 6.07) is 0. The zero-order valence-electron chi connectivity index (χ0n) is 8.31. The van der Waals surface area contributed by atoms with E-state index in [-0.39, 0.29) is 20.6 Å². The first-order chi connectivity index (χ1) is 5.67. The monoisotopic (exact) mass is 198 g/mol. The highest BCUT2D eigenvalue weighted by molar-refractivity contribution is 5.98. The fraction of sp³-hybridized carbons (Fsp3) is 0.615. The van der Waals surface area contributed by atoms with Crippen molar-refractivity contribution < 1.29 is 4.79 Å². The summed E-state index contributed by atoms with van der Waals surface area (Å²) in [6.07, 6.45) is 4.61. The largest absolute Gasteiger partial charge is 0.295 e. The van der Waals surface area contributed by atoms with E-state index in [9.17, 15) is 4.79 Å². The van der Waals surface area contributed by atoms with Gasteiger partial charge in [0.15, 0.2) is 5.78 Å². The van der Waals surface area contributed by atoms with E-state index in [1.54, 1.807) is 6.08 Å². The minimum absolute atomic E-state index is 0. The number of carbonyl (C=O) groups is 1. The molecule has 0 aromatic carbocycles. The van der Waals surface area contributed by atoms with Crippen LogP contribution in [0.4, 0.5) is 0 Å². The Morgan fingerprint density at radius 3 is 1.86 bits per heavy atom. The Balaban J connectivity index is -0.000000218. The normalized spacial score (nSPS) is 13.5. The second kappa shape index (κ2) is 10.2. The van der Waals surface area contributed by atoms with Gasteiger partial charge in [0.2, 0.25) is 0 Å². The lowest BCUT2D eigenvalue weighted by Gasteiger charge is -1.88. The van der Waals surface area contributed by atoms with Crippen LogP contribution in [0.2, 0.25) is 0 Å². The van der Waals surface area contributed by atoms with Gasteiger partial charge in [0, 0.05) is 6.42 Å².